The zero-order valence-corrected chi connectivity index (χ0v) is 16.7. The first-order chi connectivity index (χ1) is 13.8. The molecule has 2 heterocycles. The molecule has 3 N–H and O–H groups in total. The number of anilines is 1. The lowest BCUT2D eigenvalue weighted by molar-refractivity contribution is -0.121. The van der Waals surface area contributed by atoms with Gasteiger partial charge in [0.25, 0.3) is 5.91 Å². The summed E-state index contributed by atoms with van der Waals surface area (Å²) < 4.78 is 14.5. The predicted octanol–water partition coefficient (Wildman–Crippen LogP) is 4.53. The van der Waals surface area contributed by atoms with Crippen LogP contribution >= 0.6 is 23.2 Å². The second-order valence-corrected chi connectivity index (χ2v) is 7.55. The van der Waals surface area contributed by atoms with Gasteiger partial charge < -0.3 is 10.6 Å². The Balaban J connectivity index is 1.70. The van der Waals surface area contributed by atoms with Crippen LogP contribution in [0.4, 0.5) is 10.1 Å². The number of aromatic amines is 1. The number of carbonyl (C=O) groups is 2. The number of nitrogens with zero attached hydrogens (tertiary/aromatic N) is 1. The van der Waals surface area contributed by atoms with Crippen LogP contribution in [0.25, 0.3) is 10.9 Å². The van der Waals surface area contributed by atoms with E-state index in [4.69, 9.17) is 23.2 Å². The van der Waals surface area contributed by atoms with Gasteiger partial charge in [0.05, 0.1) is 5.52 Å². The molecule has 0 saturated carbocycles. The summed E-state index contributed by atoms with van der Waals surface area (Å²) in [6, 6.07) is 9.29. The van der Waals surface area contributed by atoms with Crippen LogP contribution in [0, 0.1) is 5.82 Å². The lowest BCUT2D eigenvalue weighted by Gasteiger charge is -2.27. The van der Waals surface area contributed by atoms with Gasteiger partial charge in [0.2, 0.25) is 5.91 Å². The Hall–Kier alpha value is -2.90. The summed E-state index contributed by atoms with van der Waals surface area (Å²) in [6.45, 7) is 1.61. The number of carbonyl (C=O) groups excluding carboxylic acids is 2. The number of halogens is 3. The number of hydrogen-bond acceptors (Lipinski definition) is 3. The summed E-state index contributed by atoms with van der Waals surface area (Å²) in [7, 11) is 0. The summed E-state index contributed by atoms with van der Waals surface area (Å²) in [5.74, 6) is -2.03. The molecule has 0 radical (unpaired) electrons. The lowest BCUT2D eigenvalue weighted by atomic mass is 9.83. The van der Waals surface area contributed by atoms with E-state index < -0.39 is 17.6 Å². The van der Waals surface area contributed by atoms with Crippen LogP contribution in [0.1, 0.15) is 24.8 Å². The van der Waals surface area contributed by atoms with Crippen LogP contribution in [0.5, 0.6) is 0 Å². The molecule has 0 spiro atoms. The maximum Gasteiger partial charge on any atom is 0.253 e. The molecule has 1 aliphatic rings. The molecule has 0 bridgehead atoms. The minimum absolute atomic E-state index is 0.0504. The summed E-state index contributed by atoms with van der Waals surface area (Å²) in [6.07, 6.45) is -0.0504. The van der Waals surface area contributed by atoms with Crippen LogP contribution in [0.3, 0.4) is 0 Å². The number of rotatable bonds is 3. The zero-order chi connectivity index (χ0) is 20.7. The van der Waals surface area contributed by atoms with E-state index in [0.717, 1.165) is 0 Å². The van der Waals surface area contributed by atoms with E-state index in [1.807, 2.05) is 0 Å². The highest BCUT2D eigenvalue weighted by Gasteiger charge is 2.33. The second-order valence-electron chi connectivity index (χ2n) is 6.73. The van der Waals surface area contributed by atoms with E-state index in [2.05, 4.69) is 20.8 Å². The Morgan fingerprint density at radius 2 is 2.03 bits per heavy atom. The fraction of sp³-hybridized carbons (Fsp3) is 0.150. The third-order valence-corrected chi connectivity index (χ3v) is 5.34. The van der Waals surface area contributed by atoms with Gasteiger partial charge in [-0.15, -0.1) is 0 Å². The summed E-state index contributed by atoms with van der Waals surface area (Å²) >= 11 is 11.9. The fourth-order valence-corrected chi connectivity index (χ4v) is 3.86. The minimum Gasteiger partial charge on any atom is -0.330 e. The monoisotopic (exact) mass is 432 g/mol. The van der Waals surface area contributed by atoms with Gasteiger partial charge in [0.1, 0.15) is 11.0 Å². The van der Waals surface area contributed by atoms with Gasteiger partial charge in [0, 0.05) is 39.7 Å². The maximum absolute atomic E-state index is 14.5. The Kier molecular flexibility index (Phi) is 5.02. The molecule has 9 heteroatoms. The van der Waals surface area contributed by atoms with Crippen molar-refractivity contribution in [2.24, 2.45) is 0 Å². The van der Waals surface area contributed by atoms with Crippen molar-refractivity contribution in [1.82, 2.24) is 15.5 Å². The van der Waals surface area contributed by atoms with Crippen molar-refractivity contribution in [2.75, 3.05) is 5.32 Å². The van der Waals surface area contributed by atoms with Crippen LogP contribution in [0.15, 0.2) is 47.7 Å². The highest BCUT2D eigenvalue weighted by molar-refractivity contribution is 6.34. The molecule has 148 valence electrons. The van der Waals surface area contributed by atoms with Crippen molar-refractivity contribution >= 4 is 51.6 Å². The van der Waals surface area contributed by atoms with Crippen LogP contribution in [0.2, 0.25) is 10.2 Å². The Morgan fingerprint density at radius 3 is 2.79 bits per heavy atom. The Bertz CT molecular complexity index is 1190. The van der Waals surface area contributed by atoms with Crippen molar-refractivity contribution in [2.45, 2.75) is 19.3 Å². The number of amides is 2. The second kappa shape index (κ2) is 7.50. The summed E-state index contributed by atoms with van der Waals surface area (Å²) in [5, 5.41) is 13.4. The van der Waals surface area contributed by atoms with Gasteiger partial charge in [0.15, 0.2) is 0 Å². The first kappa shape index (κ1) is 19.4. The number of nitrogens with one attached hydrogen (secondary N) is 3. The smallest absolute Gasteiger partial charge is 0.253 e. The molecule has 2 amide bonds. The van der Waals surface area contributed by atoms with Crippen molar-refractivity contribution in [3.8, 4) is 0 Å². The number of hydrogen-bond donors (Lipinski definition) is 3. The number of fused-ring (bicyclic) bond motifs is 1. The zero-order valence-electron chi connectivity index (χ0n) is 15.1. The van der Waals surface area contributed by atoms with E-state index in [1.54, 1.807) is 25.1 Å². The molecular formula is C20H15Cl2FN4O2. The largest absolute Gasteiger partial charge is 0.330 e. The van der Waals surface area contributed by atoms with Gasteiger partial charge in [-0.2, -0.15) is 5.10 Å². The fourth-order valence-electron chi connectivity index (χ4n) is 3.51. The molecule has 2 aromatic carbocycles. The van der Waals surface area contributed by atoms with Gasteiger partial charge in [-0.1, -0.05) is 29.3 Å². The topological polar surface area (TPSA) is 86.9 Å². The molecular weight excluding hydrogens is 418 g/mol. The standard InChI is InChI=1S/C20H15Cl2FN4O2/c1-9-18(13(8-17(28)24-9)12-4-2-10(21)6-15(12)23)20(29)25-11-3-5-16-14(7-11)19(22)27-26-16/h2-7,13H,8H2,1H3,(H,24,28)(H,25,29)(H,26,27). The summed E-state index contributed by atoms with van der Waals surface area (Å²) in [5.41, 5.74) is 2.06. The maximum atomic E-state index is 14.5. The summed E-state index contributed by atoms with van der Waals surface area (Å²) in [4.78, 5) is 25.1. The van der Waals surface area contributed by atoms with E-state index in [0.29, 0.717) is 27.4 Å². The van der Waals surface area contributed by atoms with Crippen LogP contribution in [-0.2, 0) is 9.59 Å². The number of H-pyrrole nitrogens is 1. The lowest BCUT2D eigenvalue weighted by Crippen LogP contribution is -2.35. The van der Waals surface area contributed by atoms with Crippen molar-refractivity contribution < 1.29 is 14.0 Å². The van der Waals surface area contributed by atoms with Crippen LogP contribution in [-0.4, -0.2) is 22.0 Å². The third kappa shape index (κ3) is 3.71. The molecule has 1 atom stereocenters. The molecule has 0 saturated heterocycles. The van der Waals surface area contributed by atoms with Crippen molar-refractivity contribution in [3.05, 3.63) is 69.2 Å². The molecule has 1 aromatic heterocycles. The van der Waals surface area contributed by atoms with E-state index in [-0.39, 0.29) is 28.5 Å². The van der Waals surface area contributed by atoms with Gasteiger partial charge in [-0.25, -0.2) is 4.39 Å². The minimum atomic E-state index is -0.734. The number of allylic oxidation sites excluding steroid dienone is 1. The van der Waals surface area contributed by atoms with E-state index >= 15 is 0 Å². The SMILES string of the molecule is CC1=C(C(=O)Nc2ccc3n[nH]c(Cl)c3c2)C(c2ccc(Cl)cc2F)CC(=O)N1. The molecule has 6 nitrogen and oxygen atoms in total. The average molecular weight is 433 g/mol. The third-order valence-electron chi connectivity index (χ3n) is 4.82. The number of benzene rings is 2. The quantitative estimate of drug-likeness (QED) is 0.568. The molecule has 0 fully saturated rings. The Labute approximate surface area is 175 Å². The van der Waals surface area contributed by atoms with Crippen LogP contribution < -0.4 is 10.6 Å². The highest BCUT2D eigenvalue weighted by Crippen LogP contribution is 2.36. The first-order valence-corrected chi connectivity index (χ1v) is 9.49. The average Bonchev–Trinajstić information content (AvgIpc) is 3.01. The van der Waals surface area contributed by atoms with Crippen molar-refractivity contribution in [3.63, 3.8) is 0 Å². The first-order valence-electron chi connectivity index (χ1n) is 8.74. The molecule has 0 aliphatic carbocycles. The molecule has 1 unspecified atom stereocenters. The molecule has 3 aromatic rings. The number of aromatic nitrogens is 2. The van der Waals surface area contributed by atoms with Crippen molar-refractivity contribution in [1.29, 1.82) is 0 Å². The highest BCUT2D eigenvalue weighted by atomic mass is 35.5. The Morgan fingerprint density at radius 1 is 1.24 bits per heavy atom. The van der Waals surface area contributed by atoms with E-state index in [9.17, 15) is 14.0 Å². The molecule has 1 aliphatic heterocycles. The normalized spacial score (nSPS) is 16.8. The van der Waals surface area contributed by atoms with Gasteiger partial charge >= 0.3 is 0 Å². The molecule has 4 rings (SSSR count). The molecule has 29 heavy (non-hydrogen) atoms. The van der Waals surface area contributed by atoms with E-state index in [1.165, 1.54) is 18.2 Å². The van der Waals surface area contributed by atoms with Gasteiger partial charge in [-0.05, 0) is 42.8 Å². The predicted molar refractivity (Wildman–Crippen MR) is 109 cm³/mol. The van der Waals surface area contributed by atoms with Gasteiger partial charge in [-0.3, -0.25) is 14.7 Å².